The van der Waals surface area contributed by atoms with Crippen LogP contribution >= 0.6 is 15.9 Å². The molecule has 1 N–H and O–H groups in total. The summed E-state index contributed by atoms with van der Waals surface area (Å²) in [5.74, 6) is -2.47. The third-order valence-electron chi connectivity index (χ3n) is 3.23. The molecule has 1 aromatic carbocycles. The number of hydrogen-bond acceptors (Lipinski definition) is 4. The summed E-state index contributed by atoms with van der Waals surface area (Å²) < 4.78 is 18.9. The Morgan fingerprint density at radius 2 is 2.09 bits per heavy atom. The van der Waals surface area contributed by atoms with Crippen LogP contribution in [0.3, 0.4) is 0 Å². The first-order valence-electron chi connectivity index (χ1n) is 7.02. The van der Waals surface area contributed by atoms with E-state index in [9.17, 15) is 18.8 Å². The molecule has 0 atom stereocenters. The Labute approximate surface area is 141 Å². The highest BCUT2D eigenvalue weighted by Crippen LogP contribution is 2.18. The molecule has 2 rings (SSSR count). The molecular formula is C15H16BrFN2O4. The Balaban J connectivity index is 1.80. The van der Waals surface area contributed by atoms with Gasteiger partial charge in [-0.1, -0.05) is 15.9 Å². The summed E-state index contributed by atoms with van der Waals surface area (Å²) in [5, 5.41) is 2.75. The lowest BCUT2D eigenvalue weighted by Gasteiger charge is -2.16. The standard InChI is InChI=1S/C15H16BrFN2O4/c1-19(7-13(20)18-10-3-4-10)14(21)8-23-15(22)11-5-2-9(16)6-12(11)17/h2,5-6,10H,3-4,7-8H2,1H3,(H,18,20). The normalized spacial score (nSPS) is 13.3. The van der Waals surface area contributed by atoms with Crippen molar-refractivity contribution in [3.63, 3.8) is 0 Å². The second-order valence-corrected chi connectivity index (χ2v) is 6.21. The zero-order chi connectivity index (χ0) is 17.0. The van der Waals surface area contributed by atoms with Crippen molar-refractivity contribution < 1.29 is 23.5 Å². The number of benzene rings is 1. The lowest BCUT2D eigenvalue weighted by Crippen LogP contribution is -2.40. The molecule has 1 saturated carbocycles. The molecule has 0 bridgehead atoms. The smallest absolute Gasteiger partial charge is 0.341 e. The van der Waals surface area contributed by atoms with Crippen molar-refractivity contribution in [2.75, 3.05) is 20.2 Å². The van der Waals surface area contributed by atoms with Gasteiger partial charge in [-0.15, -0.1) is 0 Å². The van der Waals surface area contributed by atoms with E-state index in [-0.39, 0.29) is 24.1 Å². The van der Waals surface area contributed by atoms with E-state index in [1.807, 2.05) is 0 Å². The summed E-state index contributed by atoms with van der Waals surface area (Å²) in [5.41, 5.74) is -0.255. The molecule has 23 heavy (non-hydrogen) atoms. The van der Waals surface area contributed by atoms with Gasteiger partial charge in [0.1, 0.15) is 5.82 Å². The Morgan fingerprint density at radius 3 is 2.70 bits per heavy atom. The molecule has 6 nitrogen and oxygen atoms in total. The third kappa shape index (κ3) is 5.31. The van der Waals surface area contributed by atoms with Gasteiger partial charge in [0.05, 0.1) is 12.1 Å². The number of esters is 1. The van der Waals surface area contributed by atoms with Gasteiger partial charge < -0.3 is 15.0 Å². The Morgan fingerprint density at radius 1 is 1.39 bits per heavy atom. The minimum atomic E-state index is -0.931. The zero-order valence-corrected chi connectivity index (χ0v) is 14.1. The third-order valence-corrected chi connectivity index (χ3v) is 3.72. The van der Waals surface area contributed by atoms with Gasteiger partial charge in [0.2, 0.25) is 5.91 Å². The molecular weight excluding hydrogens is 371 g/mol. The molecule has 0 heterocycles. The van der Waals surface area contributed by atoms with Crippen molar-refractivity contribution in [3.05, 3.63) is 34.1 Å². The van der Waals surface area contributed by atoms with Gasteiger partial charge in [-0.2, -0.15) is 0 Å². The van der Waals surface area contributed by atoms with E-state index in [0.717, 1.165) is 23.8 Å². The maximum absolute atomic E-state index is 13.6. The number of nitrogens with zero attached hydrogens (tertiary/aromatic N) is 1. The first kappa shape index (κ1) is 17.4. The van der Waals surface area contributed by atoms with E-state index < -0.39 is 24.3 Å². The van der Waals surface area contributed by atoms with Crippen molar-refractivity contribution in [1.82, 2.24) is 10.2 Å². The van der Waals surface area contributed by atoms with Crippen LogP contribution in [0.4, 0.5) is 4.39 Å². The number of carbonyl (C=O) groups is 3. The van der Waals surface area contributed by atoms with Crippen molar-refractivity contribution >= 4 is 33.7 Å². The Bertz CT molecular complexity index is 634. The van der Waals surface area contributed by atoms with E-state index in [4.69, 9.17) is 4.74 Å². The molecule has 0 radical (unpaired) electrons. The van der Waals surface area contributed by atoms with Gasteiger partial charge in [-0.25, -0.2) is 9.18 Å². The van der Waals surface area contributed by atoms with Crippen LogP contribution in [0, 0.1) is 5.82 Å². The summed E-state index contributed by atoms with van der Waals surface area (Å²) >= 11 is 3.08. The van der Waals surface area contributed by atoms with Crippen LogP contribution in [0.15, 0.2) is 22.7 Å². The van der Waals surface area contributed by atoms with Crippen LogP contribution in [-0.2, 0) is 14.3 Å². The topological polar surface area (TPSA) is 75.7 Å². The van der Waals surface area contributed by atoms with E-state index >= 15 is 0 Å². The van der Waals surface area contributed by atoms with Gasteiger partial charge in [0.25, 0.3) is 5.91 Å². The second kappa shape index (κ2) is 7.54. The number of amides is 2. The molecule has 0 saturated heterocycles. The van der Waals surface area contributed by atoms with Crippen LogP contribution in [0.2, 0.25) is 0 Å². The SMILES string of the molecule is CN(CC(=O)NC1CC1)C(=O)COC(=O)c1ccc(Br)cc1F. The molecule has 8 heteroatoms. The summed E-state index contributed by atoms with van der Waals surface area (Å²) in [6.45, 7) is -0.666. The van der Waals surface area contributed by atoms with Crippen LogP contribution in [0.25, 0.3) is 0 Å². The number of halogens is 2. The lowest BCUT2D eigenvalue weighted by molar-refractivity contribution is -0.137. The average Bonchev–Trinajstić information content (AvgIpc) is 3.27. The number of nitrogens with one attached hydrogen (secondary N) is 1. The fourth-order valence-electron chi connectivity index (χ4n) is 1.77. The molecule has 124 valence electrons. The van der Waals surface area contributed by atoms with Gasteiger partial charge in [0, 0.05) is 17.6 Å². The minimum absolute atomic E-state index is 0.112. The molecule has 1 aliphatic rings. The van der Waals surface area contributed by atoms with E-state index in [1.165, 1.54) is 19.2 Å². The van der Waals surface area contributed by atoms with Crippen molar-refractivity contribution in [3.8, 4) is 0 Å². The average molecular weight is 387 g/mol. The Kier molecular flexibility index (Phi) is 5.70. The summed E-state index contributed by atoms with van der Waals surface area (Å²) in [6.07, 6.45) is 1.92. The highest BCUT2D eigenvalue weighted by molar-refractivity contribution is 9.10. The fourth-order valence-corrected chi connectivity index (χ4v) is 2.11. The first-order chi connectivity index (χ1) is 10.9. The van der Waals surface area contributed by atoms with E-state index in [0.29, 0.717) is 4.47 Å². The van der Waals surface area contributed by atoms with Gasteiger partial charge in [-0.3, -0.25) is 9.59 Å². The monoisotopic (exact) mass is 386 g/mol. The van der Waals surface area contributed by atoms with Crippen molar-refractivity contribution in [2.45, 2.75) is 18.9 Å². The molecule has 1 fully saturated rings. The Hall–Kier alpha value is -1.96. The lowest BCUT2D eigenvalue weighted by atomic mass is 10.2. The summed E-state index contributed by atoms with van der Waals surface area (Å²) in [4.78, 5) is 36.3. The first-order valence-corrected chi connectivity index (χ1v) is 7.81. The van der Waals surface area contributed by atoms with Crippen LogP contribution in [0.5, 0.6) is 0 Å². The maximum Gasteiger partial charge on any atom is 0.341 e. The number of rotatable bonds is 6. The maximum atomic E-state index is 13.6. The number of hydrogen-bond donors (Lipinski definition) is 1. The minimum Gasteiger partial charge on any atom is -0.452 e. The summed E-state index contributed by atoms with van der Waals surface area (Å²) in [6, 6.07) is 4.10. The predicted molar refractivity (Wildman–Crippen MR) is 83.2 cm³/mol. The second-order valence-electron chi connectivity index (χ2n) is 5.29. The van der Waals surface area contributed by atoms with Gasteiger partial charge in [-0.05, 0) is 31.0 Å². The number of ether oxygens (including phenoxy) is 1. The summed E-state index contributed by atoms with van der Waals surface area (Å²) in [7, 11) is 1.43. The van der Waals surface area contributed by atoms with E-state index in [1.54, 1.807) is 0 Å². The molecule has 0 spiro atoms. The van der Waals surface area contributed by atoms with Gasteiger partial charge in [0.15, 0.2) is 6.61 Å². The van der Waals surface area contributed by atoms with E-state index in [2.05, 4.69) is 21.2 Å². The number of carbonyl (C=O) groups excluding carboxylic acids is 3. The van der Waals surface area contributed by atoms with Crippen LogP contribution in [-0.4, -0.2) is 48.9 Å². The van der Waals surface area contributed by atoms with Crippen LogP contribution < -0.4 is 5.32 Å². The quantitative estimate of drug-likeness (QED) is 0.751. The van der Waals surface area contributed by atoms with Crippen LogP contribution in [0.1, 0.15) is 23.2 Å². The molecule has 1 aliphatic carbocycles. The molecule has 0 aliphatic heterocycles. The largest absolute Gasteiger partial charge is 0.452 e. The van der Waals surface area contributed by atoms with Crippen molar-refractivity contribution in [2.24, 2.45) is 0 Å². The molecule has 2 amide bonds. The fraction of sp³-hybridized carbons (Fsp3) is 0.400. The zero-order valence-electron chi connectivity index (χ0n) is 12.5. The highest BCUT2D eigenvalue weighted by Gasteiger charge is 2.24. The highest BCUT2D eigenvalue weighted by atomic mass is 79.9. The van der Waals surface area contributed by atoms with Gasteiger partial charge >= 0.3 is 5.97 Å². The molecule has 0 unspecified atom stereocenters. The number of likely N-dealkylation sites (N-methyl/N-ethyl adjacent to an activating group) is 1. The predicted octanol–water partition coefficient (Wildman–Crippen LogP) is 1.48. The molecule has 1 aromatic rings. The van der Waals surface area contributed by atoms with Crippen molar-refractivity contribution in [1.29, 1.82) is 0 Å². The molecule has 0 aromatic heterocycles.